The maximum Gasteiger partial charge on any atom is 0.0560 e. The molecule has 0 amide bonds. The molecule has 1 heterocycles. The van der Waals surface area contributed by atoms with E-state index in [0.29, 0.717) is 0 Å². The van der Waals surface area contributed by atoms with E-state index in [9.17, 15) is 0 Å². The van der Waals surface area contributed by atoms with E-state index < -0.39 is 0 Å². The summed E-state index contributed by atoms with van der Waals surface area (Å²) in [6.07, 6.45) is 0. The molecule has 0 bridgehead atoms. The van der Waals surface area contributed by atoms with Crippen LogP contribution in [-0.2, 0) is 0 Å². The van der Waals surface area contributed by atoms with E-state index in [1.807, 2.05) is 0 Å². The predicted molar refractivity (Wildman–Crippen MR) is 37.4 cm³/mol. The Hall–Kier alpha value is 0.400. The van der Waals surface area contributed by atoms with Crippen molar-refractivity contribution in [2.45, 2.75) is 0 Å². The van der Waals surface area contributed by atoms with Crippen LogP contribution in [0.2, 0.25) is 0 Å². The Balaban J connectivity index is 2.47. The van der Waals surface area contributed by atoms with Gasteiger partial charge in [-0.1, -0.05) is 11.7 Å². The van der Waals surface area contributed by atoms with Crippen molar-refractivity contribution >= 4 is 33.1 Å². The molecule has 1 rings (SSSR count). The summed E-state index contributed by atoms with van der Waals surface area (Å²) < 4.78 is 3.14. The average Bonchev–Trinajstić information content (AvgIpc) is 1.33. The van der Waals surface area contributed by atoms with Crippen LogP contribution in [0.25, 0.3) is 0 Å². The average molecular weight is 121 g/mol. The molecular formula is C3H7NS2. The fraction of sp³-hybridized carbons (Fsp3) is 0.333. The molecule has 1 fully saturated rings. The van der Waals surface area contributed by atoms with E-state index in [2.05, 4.69) is 15.9 Å². The molecule has 1 aliphatic heterocycles. The van der Waals surface area contributed by atoms with Gasteiger partial charge in [0.05, 0.1) is 5.08 Å². The van der Waals surface area contributed by atoms with Crippen LogP contribution >= 0.6 is 21.3 Å². The minimum absolute atomic E-state index is 0.278. The molecule has 3 heteroatoms. The van der Waals surface area contributed by atoms with Gasteiger partial charge in [-0.3, -0.25) is 0 Å². The van der Waals surface area contributed by atoms with Gasteiger partial charge >= 0.3 is 0 Å². The van der Waals surface area contributed by atoms with Crippen LogP contribution in [-0.4, -0.2) is 16.8 Å². The Morgan fingerprint density at radius 1 is 1.33 bits per heavy atom. The van der Waals surface area contributed by atoms with Crippen molar-refractivity contribution in [1.29, 1.82) is 0 Å². The first-order chi connectivity index (χ1) is 2.79. The summed E-state index contributed by atoms with van der Waals surface area (Å²) in [7, 11) is 0.556. The molecule has 6 heavy (non-hydrogen) atoms. The zero-order valence-corrected chi connectivity index (χ0v) is 5.07. The molecule has 0 unspecified atom stereocenters. The highest BCUT2D eigenvalue weighted by molar-refractivity contribution is 8.41. The SMILES string of the molecule is C=S1CS(=C)N1. The zero-order valence-electron chi connectivity index (χ0n) is 3.44. The first kappa shape index (κ1) is 4.56. The molecular weight excluding hydrogens is 114 g/mol. The van der Waals surface area contributed by atoms with Crippen molar-refractivity contribution in [2.75, 3.05) is 5.08 Å². The van der Waals surface area contributed by atoms with Gasteiger partial charge in [0.2, 0.25) is 0 Å². The summed E-state index contributed by atoms with van der Waals surface area (Å²) in [6.45, 7) is 0. The van der Waals surface area contributed by atoms with E-state index in [-0.39, 0.29) is 21.3 Å². The number of rotatable bonds is 0. The summed E-state index contributed by atoms with van der Waals surface area (Å²) >= 11 is 0. The van der Waals surface area contributed by atoms with Gasteiger partial charge in [-0.2, -0.15) is 0 Å². The Morgan fingerprint density at radius 3 is 1.67 bits per heavy atom. The molecule has 0 radical (unpaired) electrons. The quantitative estimate of drug-likeness (QED) is 0.467. The third kappa shape index (κ3) is 0.721. The van der Waals surface area contributed by atoms with E-state index in [1.165, 1.54) is 5.08 Å². The maximum absolute atomic E-state index is 3.78. The normalized spacial score (nSPS) is 44.7. The van der Waals surface area contributed by atoms with Gasteiger partial charge in [-0.15, -0.1) is 21.3 Å². The highest BCUT2D eigenvalue weighted by Gasteiger charge is 2.03. The van der Waals surface area contributed by atoms with Gasteiger partial charge < -0.3 is 0 Å². The third-order valence-corrected chi connectivity index (χ3v) is 4.68. The maximum atomic E-state index is 3.78. The van der Waals surface area contributed by atoms with Crippen molar-refractivity contribution in [2.24, 2.45) is 0 Å². The molecule has 1 N–H and O–H groups in total. The van der Waals surface area contributed by atoms with Crippen molar-refractivity contribution in [3.63, 3.8) is 0 Å². The molecule has 0 atom stereocenters. The molecule has 0 aromatic rings. The van der Waals surface area contributed by atoms with Crippen LogP contribution in [0, 0.1) is 0 Å². The molecule has 1 aliphatic rings. The first-order valence-electron chi connectivity index (χ1n) is 1.56. The first-order valence-corrected chi connectivity index (χ1v) is 4.69. The van der Waals surface area contributed by atoms with Crippen molar-refractivity contribution in [1.82, 2.24) is 4.13 Å². The molecule has 36 valence electrons. The Bertz CT molecular complexity index is 85.4. The van der Waals surface area contributed by atoms with E-state index in [4.69, 9.17) is 0 Å². The Morgan fingerprint density at radius 2 is 1.67 bits per heavy atom. The second kappa shape index (κ2) is 1.48. The fourth-order valence-electron chi connectivity index (χ4n) is 0.326. The van der Waals surface area contributed by atoms with Crippen molar-refractivity contribution < 1.29 is 0 Å². The molecule has 0 spiro atoms. The minimum atomic E-state index is 0.278. The lowest BCUT2D eigenvalue weighted by Gasteiger charge is -2.22. The second-order valence-corrected chi connectivity index (χ2v) is 4.77. The van der Waals surface area contributed by atoms with E-state index in [0.717, 1.165) is 0 Å². The lowest BCUT2D eigenvalue weighted by atomic mass is 11.9. The molecule has 0 saturated carbocycles. The van der Waals surface area contributed by atoms with Gasteiger partial charge in [0.1, 0.15) is 0 Å². The van der Waals surface area contributed by atoms with Gasteiger partial charge in [0.25, 0.3) is 0 Å². The Labute approximate surface area is 42.9 Å². The largest absolute Gasteiger partial charge is 0.219 e. The van der Waals surface area contributed by atoms with Crippen molar-refractivity contribution in [3.8, 4) is 0 Å². The smallest absolute Gasteiger partial charge is 0.0560 e. The van der Waals surface area contributed by atoms with Gasteiger partial charge in [-0.05, 0) is 0 Å². The van der Waals surface area contributed by atoms with Gasteiger partial charge in [0, 0.05) is 0 Å². The lowest BCUT2D eigenvalue weighted by Crippen LogP contribution is -2.11. The summed E-state index contributed by atoms with van der Waals surface area (Å²) in [4.78, 5) is 0. The minimum Gasteiger partial charge on any atom is -0.219 e. The van der Waals surface area contributed by atoms with Crippen LogP contribution in [0.3, 0.4) is 0 Å². The van der Waals surface area contributed by atoms with Gasteiger partial charge in [-0.25, -0.2) is 4.13 Å². The summed E-state index contributed by atoms with van der Waals surface area (Å²) in [5.74, 6) is 7.56. The second-order valence-electron chi connectivity index (χ2n) is 1.19. The van der Waals surface area contributed by atoms with Crippen LogP contribution < -0.4 is 4.13 Å². The van der Waals surface area contributed by atoms with E-state index in [1.54, 1.807) is 0 Å². The lowest BCUT2D eigenvalue weighted by molar-refractivity contribution is 1.67. The van der Waals surface area contributed by atoms with Crippen LogP contribution in [0.15, 0.2) is 0 Å². The topological polar surface area (TPSA) is 12.0 Å². The molecule has 0 aliphatic carbocycles. The van der Waals surface area contributed by atoms with Crippen LogP contribution in [0.5, 0.6) is 0 Å². The highest BCUT2D eigenvalue weighted by Crippen LogP contribution is 2.31. The molecule has 0 aromatic heterocycles. The number of hydrogen-bond donors (Lipinski definition) is 1. The Kier molecular flexibility index (Phi) is 1.13. The van der Waals surface area contributed by atoms with Gasteiger partial charge in [0.15, 0.2) is 0 Å². The standard InChI is InChI=1S/C3H7NS2/c1-5-3-6(2)4-5/h4H,1-3H2. The monoisotopic (exact) mass is 121 g/mol. The summed E-state index contributed by atoms with van der Waals surface area (Å²) in [5, 5.41) is 1.19. The predicted octanol–water partition coefficient (Wildman–Crippen LogP) is 0.779. The highest BCUT2D eigenvalue weighted by atomic mass is 32.3. The number of hydrogen-bond acceptors (Lipinski definition) is 1. The number of nitrogens with one attached hydrogen (secondary N) is 1. The third-order valence-electron chi connectivity index (χ3n) is 0.520. The van der Waals surface area contributed by atoms with Crippen molar-refractivity contribution in [3.05, 3.63) is 0 Å². The fourth-order valence-corrected chi connectivity index (χ4v) is 2.94. The summed E-state index contributed by atoms with van der Waals surface area (Å²) in [6, 6.07) is 0. The molecule has 0 aromatic carbocycles. The van der Waals surface area contributed by atoms with E-state index >= 15 is 0 Å². The van der Waals surface area contributed by atoms with Crippen LogP contribution in [0.4, 0.5) is 0 Å². The summed E-state index contributed by atoms with van der Waals surface area (Å²) in [5.41, 5.74) is 0. The molecule has 1 saturated heterocycles. The van der Waals surface area contributed by atoms with Crippen LogP contribution in [0.1, 0.15) is 0 Å². The molecule has 1 nitrogen and oxygen atoms in total. The zero-order chi connectivity index (χ0) is 4.57.